The largest absolute Gasteiger partial charge is 0.489 e. The molecule has 3 N–H and O–H groups in total. The van der Waals surface area contributed by atoms with E-state index in [2.05, 4.69) is 15.3 Å². The van der Waals surface area contributed by atoms with Gasteiger partial charge in [-0.15, -0.1) is 0 Å². The summed E-state index contributed by atoms with van der Waals surface area (Å²) in [5.41, 5.74) is 6.70. The summed E-state index contributed by atoms with van der Waals surface area (Å²) in [5, 5.41) is 2.63. The SMILES string of the molecule is CC(=O)Nc1cccc(Oc2ncnc(N)c2-c2c(F)cc(OCc3ccccc3)cc2F)c1. The van der Waals surface area contributed by atoms with E-state index in [-0.39, 0.29) is 41.3 Å². The number of halogens is 2. The third-order valence-corrected chi connectivity index (χ3v) is 4.72. The van der Waals surface area contributed by atoms with Crippen molar-refractivity contribution in [2.75, 3.05) is 11.1 Å². The average Bonchev–Trinajstić information content (AvgIpc) is 2.79. The van der Waals surface area contributed by atoms with Crippen LogP contribution in [0.4, 0.5) is 20.3 Å². The molecule has 3 aromatic carbocycles. The molecule has 0 saturated heterocycles. The van der Waals surface area contributed by atoms with Crippen LogP contribution >= 0.6 is 0 Å². The highest BCUT2D eigenvalue weighted by Crippen LogP contribution is 2.39. The molecule has 1 heterocycles. The predicted molar refractivity (Wildman–Crippen MR) is 123 cm³/mol. The molecule has 0 spiro atoms. The molecule has 0 saturated carbocycles. The summed E-state index contributed by atoms with van der Waals surface area (Å²) in [4.78, 5) is 19.2. The number of aromatic nitrogens is 2. The fourth-order valence-corrected chi connectivity index (χ4v) is 3.26. The fraction of sp³-hybridized carbons (Fsp3) is 0.0800. The molecule has 0 unspecified atom stereocenters. The first-order valence-electron chi connectivity index (χ1n) is 10.2. The molecule has 4 rings (SSSR count). The van der Waals surface area contributed by atoms with Gasteiger partial charge in [0, 0.05) is 30.8 Å². The van der Waals surface area contributed by atoms with Crippen molar-refractivity contribution >= 4 is 17.4 Å². The number of carbonyl (C=O) groups is 1. The van der Waals surface area contributed by atoms with E-state index >= 15 is 8.78 Å². The Hall–Kier alpha value is -4.53. The van der Waals surface area contributed by atoms with Crippen LogP contribution in [0.1, 0.15) is 12.5 Å². The average molecular weight is 462 g/mol. The number of nitrogen functional groups attached to an aromatic ring is 1. The number of rotatable bonds is 7. The van der Waals surface area contributed by atoms with E-state index in [9.17, 15) is 4.79 Å². The van der Waals surface area contributed by atoms with Crippen LogP contribution in [0.2, 0.25) is 0 Å². The molecule has 172 valence electrons. The highest BCUT2D eigenvalue weighted by Gasteiger charge is 2.23. The molecule has 1 aromatic heterocycles. The van der Waals surface area contributed by atoms with Crippen LogP contribution in [0, 0.1) is 11.6 Å². The number of anilines is 2. The Balaban J connectivity index is 1.65. The first-order valence-corrected chi connectivity index (χ1v) is 10.2. The summed E-state index contributed by atoms with van der Waals surface area (Å²) in [6, 6.07) is 17.8. The van der Waals surface area contributed by atoms with Crippen molar-refractivity contribution in [1.82, 2.24) is 9.97 Å². The van der Waals surface area contributed by atoms with E-state index in [1.807, 2.05) is 30.3 Å². The monoisotopic (exact) mass is 462 g/mol. The maximum absolute atomic E-state index is 15.1. The molecule has 9 heteroatoms. The van der Waals surface area contributed by atoms with Crippen molar-refractivity contribution in [3.8, 4) is 28.5 Å². The summed E-state index contributed by atoms with van der Waals surface area (Å²) >= 11 is 0. The molecule has 4 aromatic rings. The molecule has 0 aliphatic carbocycles. The molecule has 0 aliphatic rings. The number of nitrogens with two attached hydrogens (primary N) is 1. The number of nitrogens with one attached hydrogen (secondary N) is 1. The lowest BCUT2D eigenvalue weighted by molar-refractivity contribution is -0.114. The maximum Gasteiger partial charge on any atom is 0.232 e. The van der Waals surface area contributed by atoms with Gasteiger partial charge in [0.2, 0.25) is 11.8 Å². The Kier molecular flexibility index (Phi) is 6.63. The van der Waals surface area contributed by atoms with E-state index in [1.165, 1.54) is 13.0 Å². The quantitative estimate of drug-likeness (QED) is 0.385. The third kappa shape index (κ3) is 5.26. The van der Waals surface area contributed by atoms with Crippen molar-refractivity contribution in [1.29, 1.82) is 0 Å². The third-order valence-electron chi connectivity index (χ3n) is 4.72. The van der Waals surface area contributed by atoms with Crippen molar-refractivity contribution in [2.24, 2.45) is 0 Å². The second-order valence-electron chi connectivity index (χ2n) is 7.29. The standard InChI is InChI=1S/C25H20F2N4O3/c1-15(32)31-17-8-5-9-18(10-17)34-25-23(24(28)29-14-30-25)22-20(26)11-19(12-21(22)27)33-13-16-6-3-2-4-7-16/h2-12,14H,13H2,1H3,(H,31,32)(H2,28,29,30). The minimum Gasteiger partial charge on any atom is -0.489 e. The number of ether oxygens (including phenoxy) is 2. The van der Waals surface area contributed by atoms with Gasteiger partial charge >= 0.3 is 0 Å². The number of hydrogen-bond acceptors (Lipinski definition) is 6. The molecule has 0 atom stereocenters. The van der Waals surface area contributed by atoms with Crippen LogP contribution in [0.3, 0.4) is 0 Å². The van der Waals surface area contributed by atoms with Gasteiger partial charge in [0.05, 0.1) is 11.1 Å². The molecular formula is C25H20F2N4O3. The van der Waals surface area contributed by atoms with Crippen molar-refractivity contribution < 1.29 is 23.0 Å². The smallest absolute Gasteiger partial charge is 0.232 e. The first-order chi connectivity index (χ1) is 16.4. The van der Waals surface area contributed by atoms with Gasteiger partial charge < -0.3 is 20.5 Å². The van der Waals surface area contributed by atoms with Crippen LogP contribution in [0.5, 0.6) is 17.4 Å². The number of benzene rings is 3. The summed E-state index contributed by atoms with van der Waals surface area (Å²) in [7, 11) is 0. The lowest BCUT2D eigenvalue weighted by atomic mass is 10.1. The van der Waals surface area contributed by atoms with Gasteiger partial charge in [0.15, 0.2) is 0 Å². The van der Waals surface area contributed by atoms with Gasteiger partial charge in [0.1, 0.15) is 41.9 Å². The topological polar surface area (TPSA) is 99.4 Å². The minimum atomic E-state index is -0.915. The summed E-state index contributed by atoms with van der Waals surface area (Å²) < 4.78 is 41.5. The lowest BCUT2D eigenvalue weighted by Gasteiger charge is -2.15. The first kappa shape index (κ1) is 22.7. The number of nitrogens with zero attached hydrogens (tertiary/aromatic N) is 2. The zero-order valence-corrected chi connectivity index (χ0v) is 18.1. The Morgan fingerprint density at radius 3 is 2.38 bits per heavy atom. The van der Waals surface area contributed by atoms with Crippen LogP contribution < -0.4 is 20.5 Å². The van der Waals surface area contributed by atoms with Crippen molar-refractivity contribution in [3.63, 3.8) is 0 Å². The molecule has 34 heavy (non-hydrogen) atoms. The molecular weight excluding hydrogens is 442 g/mol. The summed E-state index contributed by atoms with van der Waals surface area (Å²) in [5.74, 6) is -2.12. The highest BCUT2D eigenvalue weighted by atomic mass is 19.1. The molecule has 0 aliphatic heterocycles. The van der Waals surface area contributed by atoms with Gasteiger partial charge in [-0.1, -0.05) is 36.4 Å². The van der Waals surface area contributed by atoms with E-state index < -0.39 is 17.2 Å². The Morgan fingerprint density at radius 1 is 0.941 bits per heavy atom. The van der Waals surface area contributed by atoms with Gasteiger partial charge in [0.25, 0.3) is 0 Å². The van der Waals surface area contributed by atoms with Crippen LogP contribution in [-0.4, -0.2) is 15.9 Å². The normalized spacial score (nSPS) is 10.6. The van der Waals surface area contributed by atoms with Crippen molar-refractivity contribution in [3.05, 3.63) is 90.3 Å². The Bertz CT molecular complexity index is 1310. The molecule has 1 amide bonds. The van der Waals surface area contributed by atoms with Gasteiger partial charge in [-0.05, 0) is 17.7 Å². The zero-order chi connectivity index (χ0) is 24.1. The van der Waals surface area contributed by atoms with Gasteiger partial charge in [-0.3, -0.25) is 4.79 Å². The lowest BCUT2D eigenvalue weighted by Crippen LogP contribution is -2.06. The maximum atomic E-state index is 15.1. The second kappa shape index (κ2) is 9.95. The molecule has 0 fully saturated rings. The Labute approximate surface area is 194 Å². The van der Waals surface area contributed by atoms with Crippen LogP contribution in [-0.2, 0) is 11.4 Å². The number of hydrogen-bond donors (Lipinski definition) is 2. The summed E-state index contributed by atoms with van der Waals surface area (Å²) in [6.07, 6.45) is 1.12. The zero-order valence-electron chi connectivity index (χ0n) is 18.1. The number of amides is 1. The number of carbonyl (C=O) groups excluding carboxylic acids is 1. The fourth-order valence-electron chi connectivity index (χ4n) is 3.26. The predicted octanol–water partition coefficient (Wildman–Crippen LogP) is 5.33. The molecule has 0 bridgehead atoms. The van der Waals surface area contributed by atoms with Gasteiger partial charge in [-0.25, -0.2) is 18.7 Å². The molecule has 7 nitrogen and oxygen atoms in total. The van der Waals surface area contributed by atoms with Gasteiger partial charge in [-0.2, -0.15) is 0 Å². The Morgan fingerprint density at radius 2 is 1.68 bits per heavy atom. The van der Waals surface area contributed by atoms with Crippen LogP contribution in [0.15, 0.2) is 73.1 Å². The highest BCUT2D eigenvalue weighted by molar-refractivity contribution is 5.88. The van der Waals surface area contributed by atoms with Crippen molar-refractivity contribution in [2.45, 2.75) is 13.5 Å². The molecule has 0 radical (unpaired) electrons. The summed E-state index contributed by atoms with van der Waals surface area (Å²) in [6.45, 7) is 1.52. The van der Waals surface area contributed by atoms with E-state index in [0.717, 1.165) is 24.0 Å². The second-order valence-corrected chi connectivity index (χ2v) is 7.29. The van der Waals surface area contributed by atoms with E-state index in [4.69, 9.17) is 15.2 Å². The van der Waals surface area contributed by atoms with E-state index in [0.29, 0.717) is 5.69 Å². The van der Waals surface area contributed by atoms with Crippen LogP contribution in [0.25, 0.3) is 11.1 Å². The minimum absolute atomic E-state index is 0.0171. The van der Waals surface area contributed by atoms with E-state index in [1.54, 1.807) is 18.2 Å².